The van der Waals surface area contributed by atoms with Gasteiger partial charge in [-0.1, -0.05) is 25.5 Å². The van der Waals surface area contributed by atoms with E-state index in [1.54, 1.807) is 6.92 Å². The molecular weight excluding hydrogens is 220 g/mol. The third kappa shape index (κ3) is 6.56. The summed E-state index contributed by atoms with van der Waals surface area (Å²) in [7, 11) is 1.32. The Balaban J connectivity index is 4.54. The summed E-state index contributed by atoms with van der Waals surface area (Å²) >= 11 is 0. The lowest BCUT2D eigenvalue weighted by Gasteiger charge is -2.08. The van der Waals surface area contributed by atoms with E-state index < -0.39 is 11.9 Å². The first kappa shape index (κ1) is 15.4. The fraction of sp³-hybridized carbons (Fsp3) is 0.538. The highest BCUT2D eigenvalue weighted by Gasteiger charge is 2.11. The molecule has 0 aromatic heterocycles. The molecule has 17 heavy (non-hydrogen) atoms. The van der Waals surface area contributed by atoms with Gasteiger partial charge in [0.25, 0.3) is 0 Å². The summed E-state index contributed by atoms with van der Waals surface area (Å²) in [5, 5.41) is 0. The Morgan fingerprint density at radius 3 is 2.41 bits per heavy atom. The normalized spacial score (nSPS) is 10.9. The molecule has 0 saturated carbocycles. The number of ether oxygens (including phenoxy) is 2. The third-order valence-electron chi connectivity index (χ3n) is 2.10. The van der Waals surface area contributed by atoms with Crippen LogP contribution in [0.5, 0.6) is 0 Å². The first-order valence-electron chi connectivity index (χ1n) is 5.67. The van der Waals surface area contributed by atoms with Gasteiger partial charge in [0.05, 0.1) is 13.7 Å². The van der Waals surface area contributed by atoms with Crippen molar-refractivity contribution in [2.45, 2.75) is 33.1 Å². The van der Waals surface area contributed by atoms with Crippen molar-refractivity contribution in [3.63, 3.8) is 0 Å². The van der Waals surface area contributed by atoms with E-state index in [0.29, 0.717) is 18.6 Å². The number of carbonyl (C=O) groups excluding carboxylic acids is 2. The van der Waals surface area contributed by atoms with Crippen molar-refractivity contribution in [3.8, 4) is 0 Å². The first-order valence-corrected chi connectivity index (χ1v) is 5.67. The molecule has 0 fully saturated rings. The van der Waals surface area contributed by atoms with E-state index in [1.807, 2.05) is 6.92 Å². The maximum absolute atomic E-state index is 11.4. The van der Waals surface area contributed by atoms with Gasteiger partial charge in [0.1, 0.15) is 0 Å². The van der Waals surface area contributed by atoms with Crippen molar-refractivity contribution in [2.24, 2.45) is 0 Å². The van der Waals surface area contributed by atoms with E-state index in [4.69, 9.17) is 4.74 Å². The van der Waals surface area contributed by atoms with Crippen molar-refractivity contribution < 1.29 is 19.1 Å². The fourth-order valence-corrected chi connectivity index (χ4v) is 1.34. The molecule has 96 valence electrons. The molecule has 0 radical (unpaired) electrons. The minimum Gasteiger partial charge on any atom is -0.466 e. The van der Waals surface area contributed by atoms with E-state index in [0.717, 1.165) is 18.4 Å². The van der Waals surface area contributed by atoms with Gasteiger partial charge < -0.3 is 9.47 Å². The largest absolute Gasteiger partial charge is 0.466 e. The lowest BCUT2D eigenvalue weighted by molar-refractivity contribution is -0.138. The number of rotatable bonds is 7. The van der Waals surface area contributed by atoms with Crippen molar-refractivity contribution in [1.29, 1.82) is 0 Å². The molecule has 0 N–H and O–H groups in total. The van der Waals surface area contributed by atoms with Crippen LogP contribution >= 0.6 is 0 Å². The molecular formula is C13H20O4. The van der Waals surface area contributed by atoms with Crippen LogP contribution in [0.25, 0.3) is 0 Å². The lowest BCUT2D eigenvalue weighted by Crippen LogP contribution is -2.08. The van der Waals surface area contributed by atoms with Gasteiger partial charge in [-0.3, -0.25) is 0 Å². The molecule has 0 aliphatic rings. The van der Waals surface area contributed by atoms with E-state index >= 15 is 0 Å². The minimum atomic E-state index is -0.417. The predicted molar refractivity (Wildman–Crippen MR) is 65.4 cm³/mol. The third-order valence-corrected chi connectivity index (χ3v) is 2.10. The van der Waals surface area contributed by atoms with Crippen LogP contribution in [0, 0.1) is 0 Å². The van der Waals surface area contributed by atoms with Crippen LogP contribution in [0.4, 0.5) is 0 Å². The van der Waals surface area contributed by atoms with Gasteiger partial charge in [-0.15, -0.1) is 0 Å². The quantitative estimate of drug-likeness (QED) is 0.506. The van der Waals surface area contributed by atoms with Gasteiger partial charge in [0.2, 0.25) is 0 Å². The second-order valence-corrected chi connectivity index (χ2v) is 3.58. The molecule has 0 bridgehead atoms. The van der Waals surface area contributed by atoms with Crippen LogP contribution in [-0.2, 0) is 19.1 Å². The van der Waals surface area contributed by atoms with Gasteiger partial charge >= 0.3 is 11.9 Å². The highest BCUT2D eigenvalue weighted by Crippen LogP contribution is 2.16. The second-order valence-electron chi connectivity index (χ2n) is 3.58. The molecule has 0 aromatic carbocycles. The summed E-state index contributed by atoms with van der Waals surface area (Å²) in [6.07, 6.45) is 3.38. The van der Waals surface area contributed by atoms with Crippen LogP contribution in [0.1, 0.15) is 33.1 Å². The van der Waals surface area contributed by atoms with Gasteiger partial charge in [0, 0.05) is 18.1 Å². The summed E-state index contributed by atoms with van der Waals surface area (Å²) in [5.41, 5.74) is 1.19. The highest BCUT2D eigenvalue weighted by molar-refractivity contribution is 5.89. The molecule has 0 aromatic rings. The van der Waals surface area contributed by atoms with Crippen molar-refractivity contribution in [2.75, 3.05) is 13.7 Å². The SMILES string of the molecule is C=C(C/C(=C\C(=O)OC)CCC)C(=O)OCC. The standard InChI is InChI=1S/C13H20O4/c1-5-7-11(9-12(14)16-4)8-10(3)13(15)17-6-2/h9H,3,5-8H2,1-2,4H3/b11-9-. The van der Waals surface area contributed by atoms with Gasteiger partial charge in [0.15, 0.2) is 0 Å². The van der Waals surface area contributed by atoms with Crippen LogP contribution < -0.4 is 0 Å². The Hall–Kier alpha value is -1.58. The predicted octanol–water partition coefficient (Wildman–Crippen LogP) is 2.40. The Bertz CT molecular complexity index is 315. The van der Waals surface area contributed by atoms with E-state index in [9.17, 15) is 9.59 Å². The summed E-state index contributed by atoms with van der Waals surface area (Å²) in [4.78, 5) is 22.5. The monoisotopic (exact) mass is 240 g/mol. The van der Waals surface area contributed by atoms with Crippen LogP contribution in [-0.4, -0.2) is 25.7 Å². The first-order chi connectivity index (χ1) is 8.04. The Morgan fingerprint density at radius 2 is 1.94 bits per heavy atom. The molecule has 4 heteroatoms. The summed E-state index contributed by atoms with van der Waals surface area (Å²) in [6, 6.07) is 0. The highest BCUT2D eigenvalue weighted by atomic mass is 16.5. The maximum Gasteiger partial charge on any atom is 0.333 e. The van der Waals surface area contributed by atoms with Crippen molar-refractivity contribution in [1.82, 2.24) is 0 Å². The average molecular weight is 240 g/mol. The zero-order chi connectivity index (χ0) is 13.3. The van der Waals surface area contributed by atoms with E-state index in [2.05, 4.69) is 11.3 Å². The zero-order valence-corrected chi connectivity index (χ0v) is 10.7. The Kier molecular flexibility index (Phi) is 7.76. The van der Waals surface area contributed by atoms with E-state index in [1.165, 1.54) is 13.2 Å². The summed E-state index contributed by atoms with van der Waals surface area (Å²) < 4.78 is 9.39. The lowest BCUT2D eigenvalue weighted by atomic mass is 10.0. The number of methoxy groups -OCH3 is 1. The molecule has 0 atom stereocenters. The molecule has 0 spiro atoms. The Morgan fingerprint density at radius 1 is 1.29 bits per heavy atom. The number of hydrogen-bond acceptors (Lipinski definition) is 4. The van der Waals surface area contributed by atoms with Crippen LogP contribution in [0.2, 0.25) is 0 Å². The van der Waals surface area contributed by atoms with Gasteiger partial charge in [-0.25, -0.2) is 9.59 Å². The molecule has 0 aliphatic heterocycles. The number of esters is 2. The van der Waals surface area contributed by atoms with Gasteiger partial charge in [-0.05, 0) is 13.3 Å². The van der Waals surface area contributed by atoms with Crippen LogP contribution in [0.15, 0.2) is 23.8 Å². The molecule has 4 nitrogen and oxygen atoms in total. The number of allylic oxidation sites excluding steroid dienone is 1. The summed E-state index contributed by atoms with van der Waals surface area (Å²) in [5.74, 6) is -0.829. The molecule has 0 saturated heterocycles. The molecule has 0 heterocycles. The van der Waals surface area contributed by atoms with Crippen molar-refractivity contribution in [3.05, 3.63) is 23.8 Å². The van der Waals surface area contributed by atoms with E-state index in [-0.39, 0.29) is 0 Å². The second kappa shape index (κ2) is 8.56. The molecule has 0 unspecified atom stereocenters. The maximum atomic E-state index is 11.4. The smallest absolute Gasteiger partial charge is 0.333 e. The summed E-state index contributed by atoms with van der Waals surface area (Å²) in [6.45, 7) is 7.72. The topological polar surface area (TPSA) is 52.6 Å². The van der Waals surface area contributed by atoms with Crippen molar-refractivity contribution >= 4 is 11.9 Å². The zero-order valence-electron chi connectivity index (χ0n) is 10.7. The molecule has 0 amide bonds. The molecule has 0 aliphatic carbocycles. The average Bonchev–Trinajstić information content (AvgIpc) is 2.29. The van der Waals surface area contributed by atoms with Crippen LogP contribution in [0.3, 0.4) is 0 Å². The number of carbonyl (C=O) groups is 2. The Labute approximate surface area is 102 Å². The number of hydrogen-bond donors (Lipinski definition) is 0. The fourth-order valence-electron chi connectivity index (χ4n) is 1.34. The minimum absolute atomic E-state index is 0.321. The van der Waals surface area contributed by atoms with Gasteiger partial charge in [-0.2, -0.15) is 0 Å². The molecule has 0 rings (SSSR count).